The van der Waals surface area contributed by atoms with Crippen LogP contribution >= 0.6 is 0 Å². The summed E-state index contributed by atoms with van der Waals surface area (Å²) in [5.41, 5.74) is 2.88. The summed E-state index contributed by atoms with van der Waals surface area (Å²) in [7, 11) is 1.33. The lowest BCUT2D eigenvalue weighted by Gasteiger charge is -2.41. The number of hydrogen-bond donors (Lipinski definition) is 1. The summed E-state index contributed by atoms with van der Waals surface area (Å²) < 4.78 is 10.3. The van der Waals surface area contributed by atoms with Gasteiger partial charge in [-0.25, -0.2) is 9.59 Å². The lowest BCUT2D eigenvalue weighted by Crippen LogP contribution is -2.43. The maximum absolute atomic E-state index is 13.2. The average Bonchev–Trinajstić information content (AvgIpc) is 2.64. The highest BCUT2D eigenvalue weighted by molar-refractivity contribution is 5.96. The predicted molar refractivity (Wildman–Crippen MR) is 113 cm³/mol. The molecule has 1 aromatic rings. The molecular weight excluding hydrogens is 382 g/mol. The zero-order valence-electron chi connectivity index (χ0n) is 18.4. The number of benzene rings is 1. The Morgan fingerprint density at radius 2 is 1.73 bits per heavy atom. The van der Waals surface area contributed by atoms with Crippen LogP contribution in [0.3, 0.4) is 0 Å². The number of ketones is 1. The van der Waals surface area contributed by atoms with E-state index < -0.39 is 23.8 Å². The van der Waals surface area contributed by atoms with Crippen molar-refractivity contribution in [3.8, 4) is 0 Å². The van der Waals surface area contributed by atoms with Crippen molar-refractivity contribution in [2.45, 2.75) is 53.1 Å². The third kappa shape index (κ3) is 4.18. The molecule has 6 heteroatoms. The minimum absolute atomic E-state index is 0.0781. The second-order valence-corrected chi connectivity index (χ2v) is 8.92. The highest BCUT2D eigenvalue weighted by Gasteiger charge is 2.46. The normalized spacial score (nSPS) is 22.8. The maximum Gasteiger partial charge on any atom is 0.337 e. The van der Waals surface area contributed by atoms with Crippen LogP contribution in [0, 0.1) is 11.3 Å². The van der Waals surface area contributed by atoms with Crippen molar-refractivity contribution in [2.24, 2.45) is 11.3 Å². The molecule has 1 aliphatic heterocycles. The van der Waals surface area contributed by atoms with E-state index in [1.165, 1.54) is 7.11 Å². The van der Waals surface area contributed by atoms with Gasteiger partial charge in [-0.05, 0) is 43.9 Å². The number of methoxy groups -OCH3 is 1. The minimum Gasteiger partial charge on any atom is -0.465 e. The van der Waals surface area contributed by atoms with Crippen molar-refractivity contribution in [3.63, 3.8) is 0 Å². The number of hydrogen-bond acceptors (Lipinski definition) is 6. The standard InChI is InChI=1S/C24H29NO5/c1-13(2)30-23(28)19-14(3)25-17-11-24(4,5)12-18(26)21(17)20(19)15-7-9-16(10-8-15)22(27)29-6/h7-11,13,20-21,25H,12H2,1-6H3. The topological polar surface area (TPSA) is 81.7 Å². The summed E-state index contributed by atoms with van der Waals surface area (Å²) >= 11 is 0. The Morgan fingerprint density at radius 1 is 1.10 bits per heavy atom. The molecular formula is C24H29NO5. The van der Waals surface area contributed by atoms with Crippen LogP contribution in [0.2, 0.25) is 0 Å². The van der Waals surface area contributed by atoms with Crippen molar-refractivity contribution in [3.05, 3.63) is 58.4 Å². The highest BCUT2D eigenvalue weighted by atomic mass is 16.5. The summed E-state index contributed by atoms with van der Waals surface area (Å²) in [4.78, 5) is 38.0. The maximum atomic E-state index is 13.2. The Labute approximate surface area is 177 Å². The number of fused-ring (bicyclic) bond motifs is 1. The van der Waals surface area contributed by atoms with Crippen LogP contribution in [-0.2, 0) is 19.1 Å². The van der Waals surface area contributed by atoms with Crippen molar-refractivity contribution >= 4 is 17.7 Å². The molecule has 0 saturated carbocycles. The van der Waals surface area contributed by atoms with Gasteiger partial charge in [0.05, 0.1) is 30.3 Å². The van der Waals surface area contributed by atoms with Crippen LogP contribution in [0.25, 0.3) is 0 Å². The number of esters is 2. The number of nitrogens with one attached hydrogen (secondary N) is 1. The van der Waals surface area contributed by atoms with E-state index in [4.69, 9.17) is 9.47 Å². The first-order chi connectivity index (χ1) is 14.0. The fraction of sp³-hybridized carbons (Fsp3) is 0.458. The van der Waals surface area contributed by atoms with Gasteiger partial charge in [-0.2, -0.15) is 0 Å². The molecule has 0 saturated heterocycles. The summed E-state index contributed by atoms with van der Waals surface area (Å²) in [5, 5.41) is 3.29. The first kappa shape index (κ1) is 21.8. The molecule has 0 aromatic heterocycles. The molecule has 0 fully saturated rings. The van der Waals surface area contributed by atoms with E-state index in [1.807, 2.05) is 20.8 Å². The second kappa shape index (κ2) is 8.09. The van der Waals surface area contributed by atoms with Crippen LogP contribution in [0.1, 0.15) is 62.9 Å². The van der Waals surface area contributed by atoms with Gasteiger partial charge in [0.1, 0.15) is 5.78 Å². The molecule has 1 N–H and O–H groups in total. The van der Waals surface area contributed by atoms with Gasteiger partial charge >= 0.3 is 11.9 Å². The summed E-state index contributed by atoms with van der Waals surface area (Å²) in [6, 6.07) is 6.88. The van der Waals surface area contributed by atoms with Crippen LogP contribution in [0.15, 0.2) is 47.3 Å². The Morgan fingerprint density at radius 3 is 2.30 bits per heavy atom. The Hall–Kier alpha value is -2.89. The fourth-order valence-electron chi connectivity index (χ4n) is 4.32. The summed E-state index contributed by atoms with van der Waals surface area (Å²) in [6.07, 6.45) is 2.20. The lowest BCUT2D eigenvalue weighted by molar-refractivity contribution is -0.143. The Balaban J connectivity index is 2.14. The van der Waals surface area contributed by atoms with Crippen LogP contribution in [0.4, 0.5) is 0 Å². The third-order valence-electron chi connectivity index (χ3n) is 5.49. The molecule has 2 atom stereocenters. The molecule has 160 valence electrons. The average molecular weight is 411 g/mol. The van der Waals surface area contributed by atoms with Gasteiger partial charge in [-0.15, -0.1) is 0 Å². The van der Waals surface area contributed by atoms with Gasteiger partial charge in [-0.1, -0.05) is 32.1 Å². The van der Waals surface area contributed by atoms with Gasteiger partial charge in [0, 0.05) is 23.7 Å². The Bertz CT molecular complexity index is 937. The number of rotatable bonds is 4. The van der Waals surface area contributed by atoms with E-state index in [9.17, 15) is 14.4 Å². The number of allylic oxidation sites excluding steroid dienone is 3. The number of Topliss-reactive ketones (excluding diaryl/α,β-unsaturated/α-hetero) is 1. The first-order valence-corrected chi connectivity index (χ1v) is 10.2. The third-order valence-corrected chi connectivity index (χ3v) is 5.49. The molecule has 1 aromatic carbocycles. The molecule has 0 bridgehead atoms. The van der Waals surface area contributed by atoms with Crippen molar-refractivity contribution in [2.75, 3.05) is 7.11 Å². The van der Waals surface area contributed by atoms with Crippen molar-refractivity contribution in [1.29, 1.82) is 0 Å². The molecule has 1 aliphatic carbocycles. The molecule has 0 spiro atoms. The van der Waals surface area contributed by atoms with E-state index in [0.29, 0.717) is 23.3 Å². The van der Waals surface area contributed by atoms with Crippen LogP contribution < -0.4 is 5.32 Å². The molecule has 6 nitrogen and oxygen atoms in total. The van der Waals surface area contributed by atoms with Crippen molar-refractivity contribution in [1.82, 2.24) is 5.32 Å². The molecule has 3 rings (SSSR count). The molecule has 2 aliphatic rings. The van der Waals surface area contributed by atoms with E-state index >= 15 is 0 Å². The zero-order valence-corrected chi connectivity index (χ0v) is 18.4. The smallest absolute Gasteiger partial charge is 0.337 e. The summed E-state index contributed by atoms with van der Waals surface area (Å²) in [6.45, 7) is 9.47. The van der Waals surface area contributed by atoms with Gasteiger partial charge < -0.3 is 14.8 Å². The monoisotopic (exact) mass is 411 g/mol. The highest BCUT2D eigenvalue weighted by Crippen LogP contribution is 2.47. The molecule has 30 heavy (non-hydrogen) atoms. The quantitative estimate of drug-likeness (QED) is 0.757. The number of carbonyl (C=O) groups is 3. The largest absolute Gasteiger partial charge is 0.465 e. The van der Waals surface area contributed by atoms with E-state index in [-0.39, 0.29) is 17.3 Å². The molecule has 1 heterocycles. The SMILES string of the molecule is COC(=O)c1ccc(C2C(C(=O)OC(C)C)=C(C)NC3=CC(C)(C)CC(=O)C32)cc1. The first-order valence-electron chi connectivity index (χ1n) is 10.2. The predicted octanol–water partition coefficient (Wildman–Crippen LogP) is 3.88. The minimum atomic E-state index is -0.500. The van der Waals surface area contributed by atoms with Crippen LogP contribution in [-0.4, -0.2) is 30.9 Å². The number of carbonyl (C=O) groups excluding carboxylic acids is 3. The van der Waals surface area contributed by atoms with Gasteiger partial charge in [0.15, 0.2) is 0 Å². The van der Waals surface area contributed by atoms with E-state index in [1.54, 1.807) is 38.1 Å². The molecule has 2 unspecified atom stereocenters. The second-order valence-electron chi connectivity index (χ2n) is 8.92. The van der Waals surface area contributed by atoms with E-state index in [2.05, 4.69) is 11.4 Å². The molecule has 0 radical (unpaired) electrons. The Kier molecular flexibility index (Phi) is 5.88. The van der Waals surface area contributed by atoms with Crippen LogP contribution in [0.5, 0.6) is 0 Å². The van der Waals surface area contributed by atoms with Crippen molar-refractivity contribution < 1.29 is 23.9 Å². The van der Waals surface area contributed by atoms with Gasteiger partial charge in [0.25, 0.3) is 0 Å². The lowest BCUT2D eigenvalue weighted by atomic mass is 9.66. The molecule has 0 amide bonds. The van der Waals surface area contributed by atoms with E-state index in [0.717, 1.165) is 11.3 Å². The van der Waals surface area contributed by atoms with Gasteiger partial charge in [-0.3, -0.25) is 4.79 Å². The summed E-state index contributed by atoms with van der Waals surface area (Å²) in [5.74, 6) is -1.78. The zero-order chi connectivity index (χ0) is 22.2. The van der Waals surface area contributed by atoms with Gasteiger partial charge in [0.2, 0.25) is 0 Å². The number of ether oxygens (including phenoxy) is 2. The fourth-order valence-corrected chi connectivity index (χ4v) is 4.32.